The summed E-state index contributed by atoms with van der Waals surface area (Å²) >= 11 is 0. The van der Waals surface area contributed by atoms with Gasteiger partial charge >= 0.3 is 0 Å². The van der Waals surface area contributed by atoms with Crippen LogP contribution in [-0.2, 0) is 0 Å². The predicted molar refractivity (Wildman–Crippen MR) is 84.8 cm³/mol. The van der Waals surface area contributed by atoms with E-state index < -0.39 is 0 Å². The highest BCUT2D eigenvalue weighted by atomic mass is 19.1. The summed E-state index contributed by atoms with van der Waals surface area (Å²) < 4.78 is 13.5. The fraction of sp³-hybridized carbons (Fsp3) is 0.667. The summed E-state index contributed by atoms with van der Waals surface area (Å²) in [6.45, 7) is 5.71. The zero-order chi connectivity index (χ0) is 14.7. The third-order valence-corrected chi connectivity index (χ3v) is 5.22. The van der Waals surface area contributed by atoms with Gasteiger partial charge in [-0.3, -0.25) is 4.90 Å². The standard InChI is InChI=1S/C18H27FN2/c1-2-18(14-6-3-8-16(19)12-14)21-11-5-7-15(13-21)17-9-4-10-20-17/h3,6,8,12,15,17-18,20H,2,4-5,7,9-11,13H2,1H3. The lowest BCUT2D eigenvalue weighted by Gasteiger charge is -2.40. The molecule has 116 valence electrons. The number of rotatable bonds is 4. The Kier molecular flexibility index (Phi) is 4.91. The zero-order valence-electron chi connectivity index (χ0n) is 13.0. The Balaban J connectivity index is 1.71. The lowest BCUT2D eigenvalue weighted by molar-refractivity contribution is 0.104. The van der Waals surface area contributed by atoms with E-state index in [2.05, 4.69) is 23.2 Å². The van der Waals surface area contributed by atoms with Gasteiger partial charge in [-0.25, -0.2) is 4.39 Å². The van der Waals surface area contributed by atoms with Crippen molar-refractivity contribution in [3.05, 3.63) is 35.6 Å². The van der Waals surface area contributed by atoms with Crippen LogP contribution in [0, 0.1) is 11.7 Å². The molecule has 3 unspecified atom stereocenters. The molecule has 2 aliphatic rings. The SMILES string of the molecule is CCC(c1cccc(F)c1)N1CCCC(C2CCCN2)C1. The number of nitrogens with zero attached hydrogens (tertiary/aromatic N) is 1. The predicted octanol–water partition coefficient (Wildman–Crippen LogP) is 3.74. The van der Waals surface area contributed by atoms with Crippen LogP contribution < -0.4 is 5.32 Å². The first-order valence-corrected chi connectivity index (χ1v) is 8.51. The van der Waals surface area contributed by atoms with Crippen LogP contribution in [0.5, 0.6) is 0 Å². The maximum absolute atomic E-state index is 13.5. The number of likely N-dealkylation sites (tertiary alicyclic amines) is 1. The van der Waals surface area contributed by atoms with Crippen LogP contribution >= 0.6 is 0 Å². The Morgan fingerprint density at radius 2 is 2.24 bits per heavy atom. The van der Waals surface area contributed by atoms with Crippen LogP contribution in [0.3, 0.4) is 0 Å². The van der Waals surface area contributed by atoms with Gasteiger partial charge in [0, 0.05) is 18.6 Å². The van der Waals surface area contributed by atoms with Crippen molar-refractivity contribution in [2.75, 3.05) is 19.6 Å². The lowest BCUT2D eigenvalue weighted by atomic mass is 9.88. The van der Waals surface area contributed by atoms with Crippen molar-refractivity contribution in [1.82, 2.24) is 10.2 Å². The van der Waals surface area contributed by atoms with E-state index in [0.717, 1.165) is 31.0 Å². The molecule has 2 fully saturated rings. The molecule has 0 amide bonds. The van der Waals surface area contributed by atoms with E-state index in [-0.39, 0.29) is 5.82 Å². The van der Waals surface area contributed by atoms with Gasteiger partial charge in [0.25, 0.3) is 0 Å². The van der Waals surface area contributed by atoms with E-state index in [1.165, 1.54) is 38.3 Å². The Hall–Kier alpha value is -0.930. The first-order chi connectivity index (χ1) is 10.3. The van der Waals surface area contributed by atoms with Crippen molar-refractivity contribution in [3.63, 3.8) is 0 Å². The van der Waals surface area contributed by atoms with Crippen LogP contribution in [0.4, 0.5) is 4.39 Å². The van der Waals surface area contributed by atoms with E-state index >= 15 is 0 Å². The van der Waals surface area contributed by atoms with Crippen molar-refractivity contribution >= 4 is 0 Å². The summed E-state index contributed by atoms with van der Waals surface area (Å²) in [5.41, 5.74) is 1.14. The molecule has 21 heavy (non-hydrogen) atoms. The Morgan fingerprint density at radius 1 is 1.33 bits per heavy atom. The molecule has 3 heteroatoms. The summed E-state index contributed by atoms with van der Waals surface area (Å²) in [4.78, 5) is 2.59. The number of halogens is 1. The van der Waals surface area contributed by atoms with Crippen LogP contribution in [0.15, 0.2) is 24.3 Å². The Bertz CT molecular complexity index is 456. The molecule has 0 bridgehead atoms. The second kappa shape index (κ2) is 6.89. The van der Waals surface area contributed by atoms with Crippen LogP contribution in [0.1, 0.15) is 50.6 Å². The molecule has 0 aromatic heterocycles. The number of benzene rings is 1. The largest absolute Gasteiger partial charge is 0.314 e. The van der Waals surface area contributed by atoms with E-state index in [1.807, 2.05) is 6.07 Å². The maximum atomic E-state index is 13.5. The molecule has 2 aliphatic heterocycles. The maximum Gasteiger partial charge on any atom is 0.123 e. The highest BCUT2D eigenvalue weighted by Crippen LogP contribution is 2.32. The van der Waals surface area contributed by atoms with Crippen LogP contribution in [-0.4, -0.2) is 30.6 Å². The minimum atomic E-state index is -0.114. The smallest absolute Gasteiger partial charge is 0.123 e. The van der Waals surface area contributed by atoms with Crippen LogP contribution in [0.25, 0.3) is 0 Å². The van der Waals surface area contributed by atoms with Gasteiger partial charge in [-0.1, -0.05) is 19.1 Å². The molecular weight excluding hydrogens is 263 g/mol. The molecule has 0 radical (unpaired) electrons. The second-order valence-electron chi connectivity index (χ2n) is 6.58. The topological polar surface area (TPSA) is 15.3 Å². The first-order valence-electron chi connectivity index (χ1n) is 8.51. The van der Waals surface area contributed by atoms with Gasteiger partial charge in [-0.2, -0.15) is 0 Å². The molecule has 0 aliphatic carbocycles. The molecule has 1 aromatic carbocycles. The average molecular weight is 290 g/mol. The highest BCUT2D eigenvalue weighted by Gasteiger charge is 2.31. The van der Waals surface area contributed by atoms with Gasteiger partial charge < -0.3 is 5.32 Å². The number of hydrogen-bond acceptors (Lipinski definition) is 2. The Labute approximate surface area is 127 Å². The minimum Gasteiger partial charge on any atom is -0.314 e. The Morgan fingerprint density at radius 3 is 2.95 bits per heavy atom. The summed E-state index contributed by atoms with van der Waals surface area (Å²) in [5, 5.41) is 3.67. The number of hydrogen-bond donors (Lipinski definition) is 1. The van der Waals surface area contributed by atoms with Gasteiger partial charge in [0.1, 0.15) is 5.82 Å². The second-order valence-corrected chi connectivity index (χ2v) is 6.58. The molecular formula is C18H27FN2. The van der Waals surface area contributed by atoms with E-state index in [1.54, 1.807) is 6.07 Å². The van der Waals surface area contributed by atoms with Gasteiger partial charge in [0.15, 0.2) is 0 Å². The van der Waals surface area contributed by atoms with Gasteiger partial charge in [0.05, 0.1) is 0 Å². The van der Waals surface area contributed by atoms with Gasteiger partial charge in [-0.05, 0) is 68.8 Å². The minimum absolute atomic E-state index is 0.114. The molecule has 0 spiro atoms. The molecule has 1 aromatic rings. The molecule has 2 heterocycles. The van der Waals surface area contributed by atoms with Crippen molar-refractivity contribution < 1.29 is 4.39 Å². The fourth-order valence-electron chi connectivity index (χ4n) is 4.18. The van der Waals surface area contributed by atoms with E-state index in [9.17, 15) is 4.39 Å². The first kappa shape index (κ1) is 15.0. The molecule has 3 atom stereocenters. The third kappa shape index (κ3) is 3.46. The van der Waals surface area contributed by atoms with Gasteiger partial charge in [-0.15, -0.1) is 0 Å². The summed E-state index contributed by atoms with van der Waals surface area (Å²) in [5.74, 6) is 0.654. The molecule has 0 saturated carbocycles. The molecule has 2 saturated heterocycles. The van der Waals surface area contributed by atoms with Crippen molar-refractivity contribution in [2.45, 2.75) is 51.1 Å². The van der Waals surface area contributed by atoms with Crippen molar-refractivity contribution in [1.29, 1.82) is 0 Å². The summed E-state index contributed by atoms with van der Waals surface area (Å²) in [6, 6.07) is 8.24. The highest BCUT2D eigenvalue weighted by molar-refractivity contribution is 5.20. The molecule has 2 nitrogen and oxygen atoms in total. The molecule has 1 N–H and O–H groups in total. The third-order valence-electron chi connectivity index (χ3n) is 5.22. The summed E-state index contributed by atoms with van der Waals surface area (Å²) in [7, 11) is 0. The molecule has 3 rings (SSSR count). The van der Waals surface area contributed by atoms with Crippen molar-refractivity contribution in [2.24, 2.45) is 5.92 Å². The van der Waals surface area contributed by atoms with Crippen LogP contribution in [0.2, 0.25) is 0 Å². The fourth-order valence-corrected chi connectivity index (χ4v) is 4.18. The zero-order valence-corrected chi connectivity index (χ0v) is 13.0. The quantitative estimate of drug-likeness (QED) is 0.908. The van der Waals surface area contributed by atoms with Gasteiger partial charge in [0.2, 0.25) is 0 Å². The van der Waals surface area contributed by atoms with Crippen molar-refractivity contribution in [3.8, 4) is 0 Å². The lowest BCUT2D eigenvalue weighted by Crippen LogP contribution is -2.44. The number of piperidine rings is 1. The average Bonchev–Trinajstić information content (AvgIpc) is 3.03. The summed E-state index contributed by atoms with van der Waals surface area (Å²) in [6.07, 6.45) is 6.31. The normalized spacial score (nSPS) is 28.7. The van der Waals surface area contributed by atoms with E-state index in [0.29, 0.717) is 12.1 Å². The monoisotopic (exact) mass is 290 g/mol. The number of nitrogens with one attached hydrogen (secondary N) is 1. The van der Waals surface area contributed by atoms with E-state index in [4.69, 9.17) is 0 Å².